The lowest BCUT2D eigenvalue weighted by Crippen LogP contribution is -2.43. The van der Waals surface area contributed by atoms with E-state index in [1.54, 1.807) is 12.1 Å². The Kier molecular flexibility index (Phi) is 5.86. The molecule has 1 N–H and O–H groups in total. The van der Waals surface area contributed by atoms with Crippen LogP contribution < -0.4 is 10.2 Å². The lowest BCUT2D eigenvalue weighted by atomic mass is 9.90. The first-order valence-electron chi connectivity index (χ1n) is 9.68. The van der Waals surface area contributed by atoms with Gasteiger partial charge in [-0.05, 0) is 42.5 Å². The van der Waals surface area contributed by atoms with Gasteiger partial charge < -0.3 is 10.2 Å². The minimum absolute atomic E-state index is 0.0741. The molecule has 4 nitrogen and oxygen atoms in total. The number of nitrogens with one attached hydrogen (secondary N) is 1. The average Bonchev–Trinajstić information content (AvgIpc) is 2.74. The zero-order valence-electron chi connectivity index (χ0n) is 15.6. The lowest BCUT2D eigenvalue weighted by Gasteiger charge is -2.34. The van der Waals surface area contributed by atoms with Gasteiger partial charge in [-0.2, -0.15) is 0 Å². The zero-order valence-corrected chi connectivity index (χ0v) is 16.4. The second kappa shape index (κ2) is 8.50. The largest absolute Gasteiger partial charge is 0.354 e. The summed E-state index contributed by atoms with van der Waals surface area (Å²) in [6, 6.07) is 13.5. The summed E-state index contributed by atoms with van der Waals surface area (Å²) in [5, 5.41) is 4.43. The van der Waals surface area contributed by atoms with E-state index in [1.165, 1.54) is 0 Å². The van der Waals surface area contributed by atoms with Crippen molar-refractivity contribution in [3.63, 3.8) is 0 Å². The van der Waals surface area contributed by atoms with Crippen molar-refractivity contribution in [1.82, 2.24) is 14.6 Å². The molecule has 2 saturated heterocycles. The molecule has 2 aromatic rings. The Hall–Kier alpha value is -1.76. The van der Waals surface area contributed by atoms with Gasteiger partial charge in [0.2, 0.25) is 0 Å². The van der Waals surface area contributed by atoms with Crippen molar-refractivity contribution >= 4 is 22.4 Å². The molecule has 1 unspecified atom stereocenters. The highest BCUT2D eigenvalue weighted by molar-refractivity contribution is 8.12. The maximum atomic E-state index is 14.1. The molecule has 27 heavy (non-hydrogen) atoms. The highest BCUT2D eigenvalue weighted by Gasteiger charge is 2.24. The number of aromatic nitrogens is 1. The minimum atomic E-state index is -0.275. The smallest absolute Gasteiger partial charge is 0.129 e. The van der Waals surface area contributed by atoms with Crippen molar-refractivity contribution < 1.29 is 4.39 Å². The molecule has 0 saturated carbocycles. The maximum Gasteiger partial charge on any atom is 0.129 e. The number of piperidine rings is 1. The van der Waals surface area contributed by atoms with Crippen molar-refractivity contribution in [2.45, 2.75) is 23.8 Å². The van der Waals surface area contributed by atoms with Crippen molar-refractivity contribution in [2.24, 2.45) is 0 Å². The second-order valence-electron chi connectivity index (χ2n) is 7.16. The van der Waals surface area contributed by atoms with E-state index in [1.807, 2.05) is 12.1 Å². The highest BCUT2D eigenvalue weighted by Crippen LogP contribution is 2.36. The van der Waals surface area contributed by atoms with Gasteiger partial charge in [0, 0.05) is 39.3 Å². The molecule has 0 bridgehead atoms. The fourth-order valence-corrected chi connectivity index (χ4v) is 5.28. The third-order valence-electron chi connectivity index (χ3n) is 5.50. The average molecular weight is 387 g/mol. The van der Waals surface area contributed by atoms with Crippen LogP contribution in [0.25, 0.3) is 0 Å². The number of piperazine rings is 1. The Morgan fingerprint density at radius 1 is 1.00 bits per heavy atom. The number of rotatable bonds is 4. The van der Waals surface area contributed by atoms with Crippen molar-refractivity contribution in [1.29, 1.82) is 0 Å². The summed E-state index contributed by atoms with van der Waals surface area (Å²) >= 11 is 0. The molecule has 0 aliphatic carbocycles. The number of hydrogen-bond donors (Lipinski definition) is 1. The normalized spacial score (nSPS) is 20.6. The van der Waals surface area contributed by atoms with Crippen LogP contribution in [0, 0.1) is 5.82 Å². The summed E-state index contributed by atoms with van der Waals surface area (Å²) in [7, 11) is -0.275. The van der Waals surface area contributed by atoms with Gasteiger partial charge >= 0.3 is 0 Å². The van der Waals surface area contributed by atoms with E-state index >= 15 is 0 Å². The molecule has 2 aliphatic heterocycles. The third-order valence-corrected chi connectivity index (χ3v) is 7.20. The topological polar surface area (TPSA) is 31.4 Å². The van der Waals surface area contributed by atoms with Crippen LogP contribution in [0.15, 0.2) is 47.5 Å². The van der Waals surface area contributed by atoms with Gasteiger partial charge in [-0.1, -0.05) is 40.8 Å². The Balaban J connectivity index is 1.41. The van der Waals surface area contributed by atoms with Gasteiger partial charge in [-0.3, -0.25) is 4.31 Å². The lowest BCUT2D eigenvalue weighted by molar-refractivity contribution is 0.339. The monoisotopic (exact) mass is 386 g/mol. The van der Waals surface area contributed by atoms with Gasteiger partial charge in [0.15, 0.2) is 0 Å². The summed E-state index contributed by atoms with van der Waals surface area (Å²) in [5.41, 5.74) is 0.861. The number of pyridine rings is 1. The van der Waals surface area contributed by atoms with Crippen LogP contribution in [0.5, 0.6) is 0 Å². The molecular formula is C21H27FN4S. The van der Waals surface area contributed by atoms with E-state index in [0.29, 0.717) is 5.92 Å². The van der Waals surface area contributed by atoms with E-state index in [-0.39, 0.29) is 16.5 Å². The summed E-state index contributed by atoms with van der Waals surface area (Å²) in [4.78, 5) is 7.24. The van der Waals surface area contributed by atoms with Crippen LogP contribution in [0.1, 0.15) is 24.3 Å². The molecule has 1 aromatic carbocycles. The third kappa shape index (κ3) is 4.23. The summed E-state index contributed by atoms with van der Waals surface area (Å²) in [6.07, 6.45) is 1.94. The fraction of sp³-hybridized carbons (Fsp3) is 0.429. The molecular weight excluding hydrogens is 359 g/mol. The second-order valence-corrected chi connectivity index (χ2v) is 8.82. The van der Waals surface area contributed by atoms with Gasteiger partial charge in [0.1, 0.15) is 16.7 Å². The molecule has 0 amide bonds. The molecule has 0 radical (unpaired) electrons. The van der Waals surface area contributed by atoms with E-state index in [0.717, 1.165) is 68.5 Å². The summed E-state index contributed by atoms with van der Waals surface area (Å²) in [5.74, 6) is 5.70. The Bertz CT molecular complexity index is 798. The first kappa shape index (κ1) is 18.6. The molecule has 6 heteroatoms. The van der Waals surface area contributed by atoms with Crippen LogP contribution in [0.3, 0.4) is 0 Å². The van der Waals surface area contributed by atoms with E-state index in [9.17, 15) is 4.39 Å². The first-order valence-corrected chi connectivity index (χ1v) is 11.0. The molecule has 0 spiro atoms. The van der Waals surface area contributed by atoms with E-state index < -0.39 is 0 Å². The Morgan fingerprint density at radius 3 is 2.48 bits per heavy atom. The summed E-state index contributed by atoms with van der Waals surface area (Å²) in [6.45, 7) is 5.87. The number of halogens is 1. The number of benzene rings is 1. The Morgan fingerprint density at radius 2 is 1.74 bits per heavy atom. The molecule has 3 heterocycles. The standard InChI is InChI=1S/C21H27FN4S/c1-27(21-8-4-7-20(24-21)25-15-11-23-12-16-25)26-13-9-17(10-14-26)18-5-2-3-6-19(18)22/h2-8,17,23H,1,9-16H2. The maximum absolute atomic E-state index is 14.1. The SMILES string of the molecule is C=S(c1cccc(N2CCNCC2)n1)N1CCC(c2ccccc2F)CC1. The molecule has 4 rings (SSSR count). The van der Waals surface area contributed by atoms with Gasteiger partial charge in [-0.25, -0.2) is 9.37 Å². The van der Waals surface area contributed by atoms with Crippen molar-refractivity contribution in [2.75, 3.05) is 44.2 Å². The summed E-state index contributed by atoms with van der Waals surface area (Å²) < 4.78 is 16.5. The van der Waals surface area contributed by atoms with Crippen LogP contribution in [-0.4, -0.2) is 54.4 Å². The molecule has 1 aromatic heterocycles. The number of anilines is 1. The van der Waals surface area contributed by atoms with E-state index in [4.69, 9.17) is 4.98 Å². The molecule has 1 atom stereocenters. The van der Waals surface area contributed by atoms with Crippen molar-refractivity contribution in [3.05, 3.63) is 53.8 Å². The van der Waals surface area contributed by atoms with Crippen LogP contribution in [0.2, 0.25) is 0 Å². The van der Waals surface area contributed by atoms with Gasteiger partial charge in [0.25, 0.3) is 0 Å². The number of hydrogen-bond acceptors (Lipinski definition) is 4. The molecule has 144 valence electrons. The minimum Gasteiger partial charge on any atom is -0.354 e. The molecule has 2 aliphatic rings. The van der Waals surface area contributed by atoms with Gasteiger partial charge in [0.05, 0.1) is 0 Å². The van der Waals surface area contributed by atoms with Crippen molar-refractivity contribution in [3.8, 4) is 0 Å². The predicted molar refractivity (Wildman–Crippen MR) is 112 cm³/mol. The van der Waals surface area contributed by atoms with Crippen LogP contribution >= 0.6 is 10.7 Å². The zero-order chi connectivity index (χ0) is 18.6. The quantitative estimate of drug-likeness (QED) is 0.815. The van der Waals surface area contributed by atoms with Crippen LogP contribution in [0.4, 0.5) is 10.2 Å². The Labute approximate surface area is 163 Å². The highest BCUT2D eigenvalue weighted by atomic mass is 32.2. The van der Waals surface area contributed by atoms with Crippen LogP contribution in [-0.2, 0) is 0 Å². The predicted octanol–water partition coefficient (Wildman–Crippen LogP) is 3.48. The molecule has 2 fully saturated rings. The fourth-order valence-electron chi connectivity index (χ4n) is 3.93. The van der Waals surface area contributed by atoms with Gasteiger partial charge in [-0.15, -0.1) is 0 Å². The number of nitrogens with zero attached hydrogens (tertiary/aromatic N) is 3. The van der Waals surface area contributed by atoms with E-state index in [2.05, 4.69) is 38.6 Å². The first-order chi connectivity index (χ1) is 13.2.